The maximum atomic E-state index is 12.4. The number of hydrogen-bond donors (Lipinski definition) is 3. The maximum Gasteiger partial charge on any atom is 0.227 e. The topological polar surface area (TPSA) is 76.4 Å². The predicted molar refractivity (Wildman–Crippen MR) is 92.4 cm³/mol. The summed E-state index contributed by atoms with van der Waals surface area (Å²) in [5.41, 5.74) is 7.72. The van der Waals surface area contributed by atoms with Crippen LogP contribution in [0, 0.1) is 11.8 Å². The molecule has 0 unspecified atom stereocenters. The summed E-state index contributed by atoms with van der Waals surface area (Å²) < 4.78 is 5.37. The summed E-state index contributed by atoms with van der Waals surface area (Å²) in [5, 5.41) is 6.56. The lowest BCUT2D eigenvalue weighted by atomic mass is 9.95. The molecule has 1 aliphatic carbocycles. The summed E-state index contributed by atoms with van der Waals surface area (Å²) in [7, 11) is 0. The van der Waals surface area contributed by atoms with Gasteiger partial charge in [0.15, 0.2) is 0 Å². The standard InChI is InChI=1S/C18H27N3O2/c19-12-13-2-1-3-17(13)18(22)21-15-6-4-14(5-7-15)20-16-8-10-23-11-9-16/h4-7,13,16-17,20H,1-3,8-12,19H2,(H,21,22)/t13-,17-/m1/s1. The van der Waals surface area contributed by atoms with Gasteiger partial charge in [-0.25, -0.2) is 0 Å². The van der Waals surface area contributed by atoms with Crippen molar-refractivity contribution in [2.45, 2.75) is 38.1 Å². The Morgan fingerprint density at radius 1 is 1.09 bits per heavy atom. The molecule has 1 saturated carbocycles. The van der Waals surface area contributed by atoms with Gasteiger partial charge in [0, 0.05) is 36.5 Å². The lowest BCUT2D eigenvalue weighted by Gasteiger charge is -2.24. The number of rotatable bonds is 5. The quantitative estimate of drug-likeness (QED) is 0.780. The van der Waals surface area contributed by atoms with Crippen LogP contribution in [-0.2, 0) is 9.53 Å². The molecule has 3 rings (SSSR count). The summed E-state index contributed by atoms with van der Waals surface area (Å²) >= 11 is 0. The average Bonchev–Trinajstić information content (AvgIpc) is 3.06. The zero-order chi connectivity index (χ0) is 16.1. The minimum absolute atomic E-state index is 0.0695. The van der Waals surface area contributed by atoms with Gasteiger partial charge in [-0.05, 0) is 62.4 Å². The Hall–Kier alpha value is -1.59. The van der Waals surface area contributed by atoms with Gasteiger partial charge in [-0.2, -0.15) is 0 Å². The fourth-order valence-electron chi connectivity index (χ4n) is 3.63. The van der Waals surface area contributed by atoms with E-state index in [1.165, 1.54) is 0 Å². The Labute approximate surface area is 138 Å². The van der Waals surface area contributed by atoms with Crippen molar-refractivity contribution in [3.63, 3.8) is 0 Å². The molecular weight excluding hydrogens is 290 g/mol. The molecule has 5 heteroatoms. The van der Waals surface area contributed by atoms with E-state index in [4.69, 9.17) is 10.5 Å². The maximum absolute atomic E-state index is 12.4. The van der Waals surface area contributed by atoms with E-state index in [2.05, 4.69) is 10.6 Å². The molecule has 1 amide bonds. The van der Waals surface area contributed by atoms with Crippen LogP contribution < -0.4 is 16.4 Å². The molecule has 0 aromatic heterocycles. The molecule has 4 N–H and O–H groups in total. The van der Waals surface area contributed by atoms with E-state index >= 15 is 0 Å². The fourth-order valence-corrected chi connectivity index (χ4v) is 3.63. The van der Waals surface area contributed by atoms with Gasteiger partial charge in [0.05, 0.1) is 0 Å². The third-order valence-electron chi connectivity index (χ3n) is 5.04. The molecule has 1 aromatic carbocycles. The van der Waals surface area contributed by atoms with Gasteiger partial charge >= 0.3 is 0 Å². The van der Waals surface area contributed by atoms with Crippen LogP contribution in [0.5, 0.6) is 0 Å². The zero-order valence-corrected chi connectivity index (χ0v) is 13.6. The number of anilines is 2. The average molecular weight is 317 g/mol. The van der Waals surface area contributed by atoms with E-state index in [1.54, 1.807) is 0 Å². The molecule has 1 heterocycles. The van der Waals surface area contributed by atoms with Crippen molar-refractivity contribution in [3.05, 3.63) is 24.3 Å². The summed E-state index contributed by atoms with van der Waals surface area (Å²) in [6.45, 7) is 2.26. The second kappa shape index (κ2) is 7.79. The SMILES string of the molecule is NC[C@H]1CCC[C@H]1C(=O)Nc1ccc(NC2CCOCC2)cc1. The highest BCUT2D eigenvalue weighted by molar-refractivity contribution is 5.93. The van der Waals surface area contributed by atoms with E-state index in [9.17, 15) is 4.79 Å². The third kappa shape index (κ3) is 4.24. The Kier molecular flexibility index (Phi) is 5.51. The van der Waals surface area contributed by atoms with E-state index in [0.29, 0.717) is 18.5 Å². The molecule has 2 fully saturated rings. The highest BCUT2D eigenvalue weighted by Crippen LogP contribution is 2.32. The first-order valence-electron chi connectivity index (χ1n) is 8.71. The van der Waals surface area contributed by atoms with Crippen LogP contribution in [0.1, 0.15) is 32.1 Å². The predicted octanol–water partition coefficient (Wildman–Crippen LogP) is 2.59. The minimum atomic E-state index is 0.0695. The number of hydrogen-bond acceptors (Lipinski definition) is 4. The fraction of sp³-hybridized carbons (Fsp3) is 0.611. The van der Waals surface area contributed by atoms with Crippen LogP contribution in [0.2, 0.25) is 0 Å². The molecule has 0 radical (unpaired) electrons. The number of amides is 1. The second-order valence-corrected chi connectivity index (χ2v) is 6.63. The molecule has 126 valence electrons. The summed E-state index contributed by atoms with van der Waals surface area (Å²) in [4.78, 5) is 12.4. The zero-order valence-electron chi connectivity index (χ0n) is 13.6. The van der Waals surface area contributed by atoms with Crippen LogP contribution in [0.15, 0.2) is 24.3 Å². The molecule has 1 aliphatic heterocycles. The van der Waals surface area contributed by atoms with Gasteiger partial charge < -0.3 is 21.1 Å². The smallest absolute Gasteiger partial charge is 0.227 e. The van der Waals surface area contributed by atoms with Gasteiger partial charge in [-0.1, -0.05) is 6.42 Å². The van der Waals surface area contributed by atoms with Crippen molar-refractivity contribution in [2.24, 2.45) is 17.6 Å². The van der Waals surface area contributed by atoms with E-state index < -0.39 is 0 Å². The first-order valence-corrected chi connectivity index (χ1v) is 8.71. The molecule has 2 aliphatic rings. The van der Waals surface area contributed by atoms with Crippen LogP contribution >= 0.6 is 0 Å². The summed E-state index contributed by atoms with van der Waals surface area (Å²) in [5.74, 6) is 0.521. The van der Waals surface area contributed by atoms with Crippen LogP contribution in [0.4, 0.5) is 11.4 Å². The van der Waals surface area contributed by atoms with Gasteiger partial charge in [0.25, 0.3) is 0 Å². The number of carbonyl (C=O) groups excluding carboxylic acids is 1. The first kappa shape index (κ1) is 16.3. The van der Waals surface area contributed by atoms with E-state index in [-0.39, 0.29) is 11.8 Å². The monoisotopic (exact) mass is 317 g/mol. The second-order valence-electron chi connectivity index (χ2n) is 6.63. The van der Waals surface area contributed by atoms with Crippen molar-refractivity contribution in [2.75, 3.05) is 30.4 Å². The highest BCUT2D eigenvalue weighted by atomic mass is 16.5. The first-order chi connectivity index (χ1) is 11.3. The number of carbonyl (C=O) groups is 1. The number of ether oxygens (including phenoxy) is 1. The molecule has 5 nitrogen and oxygen atoms in total. The third-order valence-corrected chi connectivity index (χ3v) is 5.04. The number of nitrogens with one attached hydrogen (secondary N) is 2. The van der Waals surface area contributed by atoms with Crippen LogP contribution in [0.3, 0.4) is 0 Å². The van der Waals surface area contributed by atoms with Crippen molar-refractivity contribution < 1.29 is 9.53 Å². The van der Waals surface area contributed by atoms with Crippen molar-refractivity contribution in [1.29, 1.82) is 0 Å². The van der Waals surface area contributed by atoms with Crippen molar-refractivity contribution in [1.82, 2.24) is 0 Å². The Bertz CT molecular complexity index is 512. The highest BCUT2D eigenvalue weighted by Gasteiger charge is 2.31. The number of nitrogens with two attached hydrogens (primary N) is 1. The Morgan fingerprint density at radius 2 is 1.78 bits per heavy atom. The molecule has 23 heavy (non-hydrogen) atoms. The normalized spacial score (nSPS) is 25.3. The molecule has 0 bridgehead atoms. The van der Waals surface area contributed by atoms with Gasteiger partial charge in [-0.15, -0.1) is 0 Å². The minimum Gasteiger partial charge on any atom is -0.382 e. The van der Waals surface area contributed by atoms with Gasteiger partial charge in [0.1, 0.15) is 0 Å². The summed E-state index contributed by atoms with van der Waals surface area (Å²) in [6, 6.07) is 8.46. The largest absolute Gasteiger partial charge is 0.382 e. The molecule has 0 spiro atoms. The summed E-state index contributed by atoms with van der Waals surface area (Å²) in [6.07, 6.45) is 5.22. The van der Waals surface area contributed by atoms with Crippen molar-refractivity contribution in [3.8, 4) is 0 Å². The van der Waals surface area contributed by atoms with Crippen LogP contribution in [-0.4, -0.2) is 31.7 Å². The Morgan fingerprint density at radius 3 is 2.48 bits per heavy atom. The molecule has 1 saturated heterocycles. The molecular formula is C18H27N3O2. The Balaban J connectivity index is 1.53. The van der Waals surface area contributed by atoms with E-state index in [0.717, 1.165) is 56.7 Å². The van der Waals surface area contributed by atoms with Crippen LogP contribution in [0.25, 0.3) is 0 Å². The molecule has 1 aromatic rings. The molecule has 2 atom stereocenters. The number of benzene rings is 1. The van der Waals surface area contributed by atoms with Gasteiger partial charge in [-0.3, -0.25) is 4.79 Å². The lowest BCUT2D eigenvalue weighted by Crippen LogP contribution is -2.29. The van der Waals surface area contributed by atoms with Crippen molar-refractivity contribution >= 4 is 17.3 Å². The van der Waals surface area contributed by atoms with E-state index in [1.807, 2.05) is 24.3 Å². The van der Waals surface area contributed by atoms with Gasteiger partial charge in [0.2, 0.25) is 5.91 Å². The lowest BCUT2D eigenvalue weighted by molar-refractivity contribution is -0.120.